The molecule has 1 aromatic rings. The Morgan fingerprint density at radius 3 is 2.11 bits per heavy atom. The fraction of sp³-hybridized carbons (Fsp3) is 0.0909. The van der Waals surface area contributed by atoms with E-state index in [9.17, 15) is 18.0 Å². The zero-order valence-electron chi connectivity index (χ0n) is 8.32. The second kappa shape index (κ2) is 7.06. The summed E-state index contributed by atoms with van der Waals surface area (Å²) in [5, 5.41) is 17.1. The fourth-order valence-corrected chi connectivity index (χ4v) is 1.14. The standard InChI is InChI=1S/C11H6F3NO2.K.H/c12-11(13,14)9-3-1-7(2-4-9)8(6-15)5-10(16)17;;/h1-5H,(H,16,17);;. The Kier molecular flexibility index (Phi) is 6.81. The van der Waals surface area contributed by atoms with Crippen molar-refractivity contribution in [3.63, 3.8) is 0 Å². The first kappa shape index (κ1) is 17.3. The summed E-state index contributed by atoms with van der Waals surface area (Å²) in [7, 11) is 0. The maximum atomic E-state index is 12.2. The van der Waals surface area contributed by atoms with E-state index >= 15 is 0 Å². The monoisotopic (exact) mass is 281 g/mol. The minimum atomic E-state index is -4.46. The first-order chi connectivity index (χ1) is 7.84. The van der Waals surface area contributed by atoms with Gasteiger partial charge in [0.05, 0.1) is 11.1 Å². The third-order valence-electron chi connectivity index (χ3n) is 1.91. The summed E-state index contributed by atoms with van der Waals surface area (Å²) < 4.78 is 36.7. The number of carboxylic acids is 1. The van der Waals surface area contributed by atoms with E-state index in [0.717, 1.165) is 24.3 Å². The molecule has 0 fully saturated rings. The van der Waals surface area contributed by atoms with Crippen LogP contribution >= 0.6 is 0 Å². The Labute approximate surface area is 143 Å². The van der Waals surface area contributed by atoms with Crippen LogP contribution in [0.3, 0.4) is 0 Å². The predicted molar refractivity (Wildman–Crippen MR) is 59.8 cm³/mol. The number of hydrogen-bond acceptors (Lipinski definition) is 2. The van der Waals surface area contributed by atoms with Gasteiger partial charge in [-0.1, -0.05) is 12.1 Å². The van der Waals surface area contributed by atoms with Gasteiger partial charge in [0.2, 0.25) is 0 Å². The summed E-state index contributed by atoms with van der Waals surface area (Å²) in [6.07, 6.45) is -3.82. The number of alkyl halides is 3. The Morgan fingerprint density at radius 2 is 1.78 bits per heavy atom. The van der Waals surface area contributed by atoms with Gasteiger partial charge in [0, 0.05) is 6.08 Å². The molecule has 0 heterocycles. The summed E-state index contributed by atoms with van der Waals surface area (Å²) in [6, 6.07) is 5.31. The number of aliphatic carboxylic acids is 1. The van der Waals surface area contributed by atoms with Crippen LogP contribution in [-0.2, 0) is 11.0 Å². The number of benzene rings is 1. The molecule has 0 radical (unpaired) electrons. The van der Waals surface area contributed by atoms with Gasteiger partial charge in [0.25, 0.3) is 0 Å². The number of allylic oxidation sites excluding steroid dienone is 1. The van der Waals surface area contributed by atoms with Gasteiger partial charge in [-0.2, -0.15) is 18.4 Å². The second-order valence-electron chi connectivity index (χ2n) is 3.08. The number of hydrogen-bond donors (Lipinski definition) is 1. The van der Waals surface area contributed by atoms with E-state index in [4.69, 9.17) is 10.4 Å². The number of carboxylic acid groups (broad SMARTS) is 1. The zero-order valence-corrected chi connectivity index (χ0v) is 8.32. The topological polar surface area (TPSA) is 61.1 Å². The van der Waals surface area contributed by atoms with Crippen molar-refractivity contribution in [1.29, 1.82) is 5.26 Å². The van der Waals surface area contributed by atoms with Gasteiger partial charge >= 0.3 is 63.5 Å². The van der Waals surface area contributed by atoms with E-state index in [-0.39, 0.29) is 62.5 Å². The molecular weight excluding hydrogens is 274 g/mol. The van der Waals surface area contributed by atoms with Gasteiger partial charge in [-0.15, -0.1) is 0 Å². The van der Waals surface area contributed by atoms with Gasteiger partial charge in [-0.3, -0.25) is 0 Å². The number of rotatable bonds is 2. The van der Waals surface area contributed by atoms with Crippen LogP contribution < -0.4 is 0 Å². The minimum absolute atomic E-state index is 0. The van der Waals surface area contributed by atoms with Crippen molar-refractivity contribution in [3.05, 3.63) is 41.5 Å². The second-order valence-corrected chi connectivity index (χ2v) is 3.08. The summed E-state index contributed by atoms with van der Waals surface area (Å²) in [6.45, 7) is 0. The van der Waals surface area contributed by atoms with Crippen molar-refractivity contribution in [2.75, 3.05) is 0 Å². The first-order valence-electron chi connectivity index (χ1n) is 4.37. The summed E-state index contributed by atoms with van der Waals surface area (Å²) in [4.78, 5) is 10.4. The molecule has 90 valence electrons. The van der Waals surface area contributed by atoms with Crippen molar-refractivity contribution >= 4 is 62.9 Å². The molecule has 1 N–H and O–H groups in total. The molecule has 18 heavy (non-hydrogen) atoms. The Balaban J connectivity index is 0.00000289. The van der Waals surface area contributed by atoms with Crippen molar-refractivity contribution < 1.29 is 23.1 Å². The van der Waals surface area contributed by atoms with E-state index in [1.807, 2.05) is 0 Å². The molecule has 0 aliphatic rings. The van der Waals surface area contributed by atoms with Crippen molar-refractivity contribution in [1.82, 2.24) is 0 Å². The van der Waals surface area contributed by atoms with Crippen molar-refractivity contribution in [3.8, 4) is 6.07 Å². The Bertz CT molecular complexity index is 501. The third kappa shape index (κ3) is 4.92. The molecular formula is C11H7F3KNO2. The molecule has 0 unspecified atom stereocenters. The van der Waals surface area contributed by atoms with Gasteiger partial charge < -0.3 is 5.11 Å². The Morgan fingerprint density at radius 1 is 1.28 bits per heavy atom. The van der Waals surface area contributed by atoms with Crippen LogP contribution in [0.15, 0.2) is 30.3 Å². The molecule has 0 saturated heterocycles. The van der Waals surface area contributed by atoms with Crippen LogP contribution in [0.25, 0.3) is 5.57 Å². The molecule has 0 bridgehead atoms. The average molecular weight is 281 g/mol. The molecule has 0 spiro atoms. The summed E-state index contributed by atoms with van der Waals surface area (Å²) in [5.41, 5.74) is -0.928. The number of carbonyl (C=O) groups is 1. The maximum absolute atomic E-state index is 12.2. The zero-order chi connectivity index (χ0) is 13.1. The fourth-order valence-electron chi connectivity index (χ4n) is 1.14. The number of nitriles is 1. The molecule has 0 atom stereocenters. The molecule has 0 aromatic heterocycles. The van der Waals surface area contributed by atoms with Crippen LogP contribution in [0.5, 0.6) is 0 Å². The normalized spacial score (nSPS) is 11.3. The van der Waals surface area contributed by atoms with Gasteiger partial charge in [-0.05, 0) is 17.7 Å². The quantitative estimate of drug-likeness (QED) is 0.512. The van der Waals surface area contributed by atoms with Crippen LogP contribution in [0.4, 0.5) is 13.2 Å². The van der Waals surface area contributed by atoms with E-state index in [1.165, 1.54) is 0 Å². The van der Waals surface area contributed by atoms with Crippen molar-refractivity contribution in [2.45, 2.75) is 6.18 Å². The molecule has 7 heteroatoms. The van der Waals surface area contributed by atoms with Crippen LogP contribution in [0, 0.1) is 11.3 Å². The summed E-state index contributed by atoms with van der Waals surface area (Å²) in [5.74, 6) is -1.33. The van der Waals surface area contributed by atoms with E-state index < -0.39 is 17.7 Å². The summed E-state index contributed by atoms with van der Waals surface area (Å²) >= 11 is 0. The molecule has 1 rings (SSSR count). The molecule has 1 aromatic carbocycles. The third-order valence-corrected chi connectivity index (χ3v) is 1.91. The van der Waals surface area contributed by atoms with Gasteiger partial charge in [0.1, 0.15) is 6.07 Å². The molecule has 0 amide bonds. The van der Waals surface area contributed by atoms with Crippen LogP contribution in [0.1, 0.15) is 11.1 Å². The van der Waals surface area contributed by atoms with Crippen LogP contribution in [0.2, 0.25) is 0 Å². The molecule has 0 aliphatic heterocycles. The molecule has 0 aliphatic carbocycles. The number of nitrogens with zero attached hydrogens (tertiary/aromatic N) is 1. The van der Waals surface area contributed by atoms with E-state index in [1.54, 1.807) is 6.07 Å². The van der Waals surface area contributed by atoms with E-state index in [0.29, 0.717) is 6.08 Å². The SMILES string of the molecule is N#CC(=CC(=O)O)c1ccc(C(F)(F)F)cc1.[KH]. The van der Waals surface area contributed by atoms with Gasteiger partial charge in [0.15, 0.2) is 0 Å². The van der Waals surface area contributed by atoms with Crippen LogP contribution in [-0.4, -0.2) is 62.5 Å². The molecule has 0 saturated carbocycles. The van der Waals surface area contributed by atoms with Crippen molar-refractivity contribution in [2.24, 2.45) is 0 Å². The molecule has 3 nitrogen and oxygen atoms in total. The Hall–Kier alpha value is -0.654. The average Bonchev–Trinajstić information content (AvgIpc) is 2.24. The predicted octanol–water partition coefficient (Wildman–Crippen LogP) is 2.05. The first-order valence-corrected chi connectivity index (χ1v) is 4.37. The van der Waals surface area contributed by atoms with Gasteiger partial charge in [-0.25, -0.2) is 4.79 Å². The number of halogens is 3. The van der Waals surface area contributed by atoms with E-state index in [2.05, 4.69) is 0 Å².